The fourth-order valence-electron chi connectivity index (χ4n) is 4.93. The molecule has 222 valence electrons. The summed E-state index contributed by atoms with van der Waals surface area (Å²) < 4.78 is 57.1. The van der Waals surface area contributed by atoms with Crippen LogP contribution in [0, 0.1) is 17.6 Å². The molecule has 1 aliphatic rings. The van der Waals surface area contributed by atoms with Gasteiger partial charge in [0, 0.05) is 44.4 Å². The Labute approximate surface area is 239 Å². The van der Waals surface area contributed by atoms with Gasteiger partial charge in [0.1, 0.15) is 29.2 Å². The summed E-state index contributed by atoms with van der Waals surface area (Å²) in [5.41, 5.74) is -0.209. The number of hydrogen-bond donors (Lipinski definition) is 1. The van der Waals surface area contributed by atoms with Gasteiger partial charge in [-0.05, 0) is 58.4 Å². The van der Waals surface area contributed by atoms with Crippen LogP contribution in [0.2, 0.25) is 0 Å². The maximum absolute atomic E-state index is 15.1. The first-order valence-electron chi connectivity index (χ1n) is 13.7. The van der Waals surface area contributed by atoms with Gasteiger partial charge in [0.2, 0.25) is 0 Å². The number of carbonyl (C=O) groups excluding carboxylic acids is 1. The summed E-state index contributed by atoms with van der Waals surface area (Å²) in [7, 11) is 1.57. The molecule has 3 aromatic rings. The molecule has 1 aliphatic heterocycles. The smallest absolute Gasteiger partial charge is 0.410 e. The predicted molar refractivity (Wildman–Crippen MR) is 151 cm³/mol. The van der Waals surface area contributed by atoms with E-state index in [2.05, 4.69) is 5.32 Å². The number of nitrogens with one attached hydrogen (secondary N) is 1. The fraction of sp³-hybridized carbons (Fsp3) is 0.484. The second-order valence-corrected chi connectivity index (χ2v) is 12.0. The lowest BCUT2D eigenvalue weighted by Crippen LogP contribution is -2.45. The number of ether oxygens (including phenoxy) is 2. The van der Waals surface area contributed by atoms with E-state index in [1.165, 1.54) is 4.90 Å². The number of rotatable bonds is 9. The quantitative estimate of drug-likeness (QED) is 0.334. The lowest BCUT2D eigenvalue weighted by molar-refractivity contribution is -0.0160. The van der Waals surface area contributed by atoms with Crippen molar-refractivity contribution in [3.8, 4) is 11.3 Å². The van der Waals surface area contributed by atoms with Crippen LogP contribution in [0.5, 0.6) is 0 Å². The Bertz CT molecular complexity index is 1340. The number of nitrogens with zero attached hydrogens (tertiary/aromatic N) is 3. The van der Waals surface area contributed by atoms with Crippen molar-refractivity contribution in [1.29, 1.82) is 0 Å². The molecule has 0 saturated carbocycles. The van der Waals surface area contributed by atoms with Crippen molar-refractivity contribution in [2.45, 2.75) is 64.6 Å². The number of halogens is 3. The molecule has 1 amide bonds. The van der Waals surface area contributed by atoms with Gasteiger partial charge >= 0.3 is 6.09 Å². The number of methoxy groups -OCH3 is 1. The van der Waals surface area contributed by atoms with E-state index in [1.54, 1.807) is 34.1 Å². The minimum atomic E-state index is -1.25. The molecule has 0 spiro atoms. The van der Waals surface area contributed by atoms with E-state index in [4.69, 9.17) is 14.5 Å². The molecule has 0 bridgehead atoms. The molecule has 0 radical (unpaired) electrons. The zero-order valence-electron chi connectivity index (χ0n) is 24.5. The maximum Gasteiger partial charge on any atom is 0.410 e. The van der Waals surface area contributed by atoms with E-state index in [-0.39, 0.29) is 30.9 Å². The molecule has 1 saturated heterocycles. The zero-order valence-corrected chi connectivity index (χ0v) is 24.5. The number of carbonyl (C=O) groups is 1. The Morgan fingerprint density at radius 3 is 2.46 bits per heavy atom. The van der Waals surface area contributed by atoms with Crippen molar-refractivity contribution in [3.05, 3.63) is 77.8 Å². The third-order valence-corrected chi connectivity index (χ3v) is 7.28. The van der Waals surface area contributed by atoms with Gasteiger partial charge in [0.25, 0.3) is 0 Å². The van der Waals surface area contributed by atoms with Crippen LogP contribution in [0.1, 0.15) is 52.0 Å². The lowest BCUT2D eigenvalue weighted by Gasteiger charge is -2.34. The van der Waals surface area contributed by atoms with Gasteiger partial charge in [-0.2, -0.15) is 0 Å². The number of alkyl halides is 1. The zero-order chi connectivity index (χ0) is 29.9. The van der Waals surface area contributed by atoms with Gasteiger partial charge in [-0.1, -0.05) is 30.3 Å². The summed E-state index contributed by atoms with van der Waals surface area (Å²) >= 11 is 0. The van der Waals surface area contributed by atoms with Crippen LogP contribution in [-0.4, -0.2) is 64.7 Å². The highest BCUT2D eigenvalue weighted by Gasteiger charge is 2.40. The average Bonchev–Trinajstić information content (AvgIpc) is 3.48. The highest BCUT2D eigenvalue weighted by Crippen LogP contribution is 2.33. The average molecular weight is 573 g/mol. The summed E-state index contributed by atoms with van der Waals surface area (Å²) in [6, 6.07) is 12.4. The Morgan fingerprint density at radius 2 is 1.80 bits per heavy atom. The first-order chi connectivity index (χ1) is 19.3. The Hall–Kier alpha value is -3.37. The summed E-state index contributed by atoms with van der Waals surface area (Å²) in [6.45, 7) is 9.85. The van der Waals surface area contributed by atoms with Gasteiger partial charge < -0.3 is 24.3 Å². The fourth-order valence-corrected chi connectivity index (χ4v) is 4.93. The third-order valence-electron chi connectivity index (χ3n) is 7.28. The van der Waals surface area contributed by atoms with Gasteiger partial charge in [0.15, 0.2) is 0 Å². The van der Waals surface area contributed by atoms with Crippen LogP contribution in [0.3, 0.4) is 0 Å². The van der Waals surface area contributed by atoms with Gasteiger partial charge in [-0.25, -0.2) is 22.9 Å². The first-order valence-corrected chi connectivity index (χ1v) is 13.7. The topological polar surface area (TPSA) is 68.6 Å². The number of aromatic nitrogens is 2. The van der Waals surface area contributed by atoms with Crippen LogP contribution >= 0.6 is 0 Å². The van der Waals surface area contributed by atoms with Crippen LogP contribution in [0.4, 0.5) is 18.0 Å². The van der Waals surface area contributed by atoms with Crippen LogP contribution in [0.25, 0.3) is 11.3 Å². The normalized spacial score (nSPS) is 18.5. The van der Waals surface area contributed by atoms with E-state index in [0.29, 0.717) is 12.4 Å². The molecule has 4 rings (SSSR count). The SMILES string of the molecule is COC(C)(C)[C@@H](NCC1CN(C(=O)OC(C)(C)C)CC1F)c1nc(-c2cc(F)ccc2F)cn1Cc1ccccc1. The van der Waals surface area contributed by atoms with E-state index >= 15 is 4.39 Å². The predicted octanol–water partition coefficient (Wildman–Crippen LogP) is 6.14. The Balaban J connectivity index is 1.65. The Kier molecular flexibility index (Phi) is 9.13. The molecule has 7 nitrogen and oxygen atoms in total. The van der Waals surface area contributed by atoms with Crippen molar-refractivity contribution in [3.63, 3.8) is 0 Å². The molecule has 2 aromatic carbocycles. The first kappa shape index (κ1) is 30.6. The van der Waals surface area contributed by atoms with Gasteiger partial charge in [0.05, 0.1) is 23.9 Å². The van der Waals surface area contributed by atoms with E-state index in [0.717, 1.165) is 23.8 Å². The van der Waals surface area contributed by atoms with Gasteiger partial charge in [-0.15, -0.1) is 0 Å². The molecular formula is C31H39F3N4O3. The van der Waals surface area contributed by atoms with Crippen molar-refractivity contribution < 1.29 is 27.4 Å². The van der Waals surface area contributed by atoms with Crippen molar-refractivity contribution in [2.75, 3.05) is 26.7 Å². The molecule has 1 aromatic heterocycles. The highest BCUT2D eigenvalue weighted by molar-refractivity contribution is 5.68. The standard InChI is InChI=1S/C31H39F3N4O3/c1-30(2,3)41-29(39)38-17-21(25(34)18-38)15-35-27(31(4,5)40-6)28-36-26(23-14-22(32)12-13-24(23)33)19-37(28)16-20-10-8-7-9-11-20/h7-14,19,21,25,27,35H,15-18H2,1-6H3/t21?,25?,27-/m0/s1. The molecular weight excluding hydrogens is 533 g/mol. The van der Waals surface area contributed by atoms with Gasteiger partial charge in [-0.3, -0.25) is 0 Å². The molecule has 3 atom stereocenters. The van der Waals surface area contributed by atoms with Crippen LogP contribution in [-0.2, 0) is 16.0 Å². The van der Waals surface area contributed by atoms with Crippen LogP contribution < -0.4 is 5.32 Å². The van der Waals surface area contributed by atoms with E-state index in [9.17, 15) is 13.6 Å². The molecule has 1 N–H and O–H groups in total. The molecule has 41 heavy (non-hydrogen) atoms. The monoisotopic (exact) mass is 572 g/mol. The number of hydrogen-bond acceptors (Lipinski definition) is 5. The molecule has 10 heteroatoms. The summed E-state index contributed by atoms with van der Waals surface area (Å²) in [5.74, 6) is -1.13. The largest absolute Gasteiger partial charge is 0.444 e. The molecule has 2 unspecified atom stereocenters. The second kappa shape index (κ2) is 12.2. The summed E-state index contributed by atoms with van der Waals surface area (Å²) in [4.78, 5) is 18.7. The third kappa shape index (κ3) is 7.48. The maximum atomic E-state index is 15.1. The molecule has 2 heterocycles. The minimum Gasteiger partial charge on any atom is -0.444 e. The molecule has 1 fully saturated rings. The lowest BCUT2D eigenvalue weighted by atomic mass is 9.96. The van der Waals surface area contributed by atoms with Crippen molar-refractivity contribution in [1.82, 2.24) is 19.8 Å². The number of likely N-dealkylation sites (tertiary alicyclic amines) is 1. The Morgan fingerprint density at radius 1 is 1.10 bits per heavy atom. The van der Waals surface area contributed by atoms with E-state index in [1.807, 2.05) is 48.7 Å². The number of amides is 1. The van der Waals surface area contributed by atoms with Crippen molar-refractivity contribution >= 4 is 6.09 Å². The number of imidazole rings is 1. The van der Waals surface area contributed by atoms with E-state index < -0.39 is 47.1 Å². The second-order valence-electron chi connectivity index (χ2n) is 12.0. The highest BCUT2D eigenvalue weighted by atomic mass is 19.1. The van der Waals surface area contributed by atoms with Crippen LogP contribution in [0.15, 0.2) is 54.7 Å². The minimum absolute atomic E-state index is 0.0413. The molecule has 0 aliphatic carbocycles. The van der Waals surface area contributed by atoms with Crippen molar-refractivity contribution in [2.24, 2.45) is 5.92 Å². The summed E-state index contributed by atoms with van der Waals surface area (Å²) in [6.07, 6.45) is -0.0998. The summed E-state index contributed by atoms with van der Waals surface area (Å²) in [5, 5.41) is 3.43. The number of benzene rings is 2.